The summed E-state index contributed by atoms with van der Waals surface area (Å²) in [6.45, 7) is 0. The third-order valence-corrected chi connectivity index (χ3v) is 2.03. The number of rotatable bonds is 0. The molecule has 2 unspecified atom stereocenters. The predicted octanol–water partition coefficient (Wildman–Crippen LogP) is 0.858. The summed E-state index contributed by atoms with van der Waals surface area (Å²) < 4.78 is 0. The molecule has 1 rings (SSSR count). The van der Waals surface area contributed by atoms with Crippen LogP contribution in [0.4, 0.5) is 0 Å². The molecule has 72 valence electrons. The highest BCUT2D eigenvalue weighted by atomic mass is 17.2. The molecular formula is C8H18N2O2. The molecule has 1 heterocycles. The molecule has 1 fully saturated rings. The minimum atomic E-state index is -0.311. The lowest BCUT2D eigenvalue weighted by Gasteiger charge is -2.17. The van der Waals surface area contributed by atoms with Crippen molar-refractivity contribution in [1.29, 1.82) is 0 Å². The third-order valence-electron chi connectivity index (χ3n) is 2.03. The third kappa shape index (κ3) is 4.01. The van der Waals surface area contributed by atoms with Crippen molar-refractivity contribution in [2.24, 2.45) is 11.5 Å². The summed E-state index contributed by atoms with van der Waals surface area (Å²) in [6, 6.07) is 0. The van der Waals surface area contributed by atoms with E-state index in [9.17, 15) is 0 Å². The summed E-state index contributed by atoms with van der Waals surface area (Å²) in [6.07, 6.45) is 5.73. The maximum absolute atomic E-state index is 5.58. The van der Waals surface area contributed by atoms with Crippen molar-refractivity contribution in [3.63, 3.8) is 0 Å². The van der Waals surface area contributed by atoms with E-state index in [4.69, 9.17) is 21.2 Å². The van der Waals surface area contributed by atoms with Crippen LogP contribution < -0.4 is 11.5 Å². The van der Waals surface area contributed by atoms with Crippen LogP contribution in [-0.4, -0.2) is 12.5 Å². The Morgan fingerprint density at radius 2 is 1.17 bits per heavy atom. The summed E-state index contributed by atoms with van der Waals surface area (Å²) in [7, 11) is 0. The predicted molar refractivity (Wildman–Crippen MR) is 45.8 cm³/mol. The van der Waals surface area contributed by atoms with Gasteiger partial charge in [-0.1, -0.05) is 12.8 Å². The highest BCUT2D eigenvalue weighted by Gasteiger charge is 2.10. The zero-order valence-corrected chi connectivity index (χ0v) is 7.37. The second kappa shape index (κ2) is 5.48. The summed E-state index contributed by atoms with van der Waals surface area (Å²) >= 11 is 0. The molecule has 1 aliphatic heterocycles. The molecule has 1 aliphatic rings. The fourth-order valence-corrected chi connectivity index (χ4v) is 1.28. The average Bonchev–Trinajstić information content (AvgIpc) is 2.07. The van der Waals surface area contributed by atoms with Crippen LogP contribution in [0.15, 0.2) is 0 Å². The number of hydrogen-bond donors (Lipinski definition) is 2. The van der Waals surface area contributed by atoms with Crippen molar-refractivity contribution >= 4 is 0 Å². The first-order valence-corrected chi connectivity index (χ1v) is 4.62. The lowest BCUT2D eigenvalue weighted by Crippen LogP contribution is -2.31. The Bertz CT molecular complexity index is 108. The summed E-state index contributed by atoms with van der Waals surface area (Å²) in [5.74, 6) is 0. The second-order valence-corrected chi connectivity index (χ2v) is 3.26. The first kappa shape index (κ1) is 9.92. The van der Waals surface area contributed by atoms with Crippen molar-refractivity contribution in [3.05, 3.63) is 0 Å². The van der Waals surface area contributed by atoms with Gasteiger partial charge in [-0.25, -0.2) is 9.78 Å². The average molecular weight is 174 g/mol. The smallest absolute Gasteiger partial charge is 0.141 e. The zero-order chi connectivity index (χ0) is 8.81. The van der Waals surface area contributed by atoms with Crippen LogP contribution in [0, 0.1) is 0 Å². The lowest BCUT2D eigenvalue weighted by atomic mass is 10.1. The van der Waals surface area contributed by atoms with E-state index in [1.165, 1.54) is 12.8 Å². The fraction of sp³-hybridized carbons (Fsp3) is 1.00. The molecule has 0 bridgehead atoms. The molecule has 4 N–H and O–H groups in total. The largest absolute Gasteiger partial charge is 0.303 e. The number of nitrogens with two attached hydrogens (primary N) is 2. The molecule has 0 spiro atoms. The molecule has 1 saturated heterocycles. The van der Waals surface area contributed by atoms with Gasteiger partial charge in [-0.15, -0.1) is 0 Å². The van der Waals surface area contributed by atoms with Gasteiger partial charge in [0.2, 0.25) is 0 Å². The van der Waals surface area contributed by atoms with E-state index in [1.54, 1.807) is 0 Å². The molecule has 0 saturated carbocycles. The minimum absolute atomic E-state index is 0.311. The Labute approximate surface area is 73.1 Å². The quantitative estimate of drug-likeness (QED) is 0.534. The Balaban J connectivity index is 2.23. The molecule has 0 aromatic heterocycles. The van der Waals surface area contributed by atoms with Crippen LogP contribution in [0.25, 0.3) is 0 Å². The van der Waals surface area contributed by atoms with Crippen LogP contribution in [0.2, 0.25) is 0 Å². The Morgan fingerprint density at radius 1 is 0.750 bits per heavy atom. The van der Waals surface area contributed by atoms with Gasteiger partial charge in [0.1, 0.15) is 12.5 Å². The summed E-state index contributed by atoms with van der Waals surface area (Å²) in [5.41, 5.74) is 11.2. The highest BCUT2D eigenvalue weighted by molar-refractivity contribution is 4.53. The molecule has 12 heavy (non-hydrogen) atoms. The molecule has 2 atom stereocenters. The topological polar surface area (TPSA) is 70.5 Å². The molecule has 4 nitrogen and oxygen atoms in total. The maximum atomic E-state index is 5.58. The molecule has 0 radical (unpaired) electrons. The van der Waals surface area contributed by atoms with Gasteiger partial charge in [-0.3, -0.25) is 0 Å². The van der Waals surface area contributed by atoms with Gasteiger partial charge < -0.3 is 11.5 Å². The maximum Gasteiger partial charge on any atom is 0.141 e. The van der Waals surface area contributed by atoms with E-state index < -0.39 is 0 Å². The summed E-state index contributed by atoms with van der Waals surface area (Å²) in [4.78, 5) is 9.77. The minimum Gasteiger partial charge on any atom is -0.303 e. The van der Waals surface area contributed by atoms with Crippen LogP contribution in [-0.2, 0) is 9.78 Å². The van der Waals surface area contributed by atoms with Gasteiger partial charge in [0.25, 0.3) is 0 Å². The van der Waals surface area contributed by atoms with Crippen LogP contribution >= 0.6 is 0 Å². The van der Waals surface area contributed by atoms with Gasteiger partial charge in [-0.2, -0.15) is 0 Å². The first-order chi connectivity index (χ1) is 5.79. The van der Waals surface area contributed by atoms with Crippen molar-refractivity contribution in [1.82, 2.24) is 0 Å². The molecule has 0 aromatic rings. The monoisotopic (exact) mass is 174 g/mol. The first-order valence-electron chi connectivity index (χ1n) is 4.62. The van der Waals surface area contributed by atoms with Crippen LogP contribution in [0.5, 0.6) is 0 Å². The molecule has 0 aliphatic carbocycles. The van der Waals surface area contributed by atoms with Gasteiger partial charge in [-0.05, 0) is 25.7 Å². The van der Waals surface area contributed by atoms with Crippen molar-refractivity contribution in [3.8, 4) is 0 Å². The fourth-order valence-electron chi connectivity index (χ4n) is 1.28. The van der Waals surface area contributed by atoms with E-state index in [2.05, 4.69) is 0 Å². The van der Waals surface area contributed by atoms with Gasteiger partial charge >= 0.3 is 0 Å². The number of hydrogen-bond acceptors (Lipinski definition) is 4. The van der Waals surface area contributed by atoms with Gasteiger partial charge in [0, 0.05) is 0 Å². The van der Waals surface area contributed by atoms with E-state index in [-0.39, 0.29) is 12.5 Å². The van der Waals surface area contributed by atoms with Crippen LogP contribution in [0.3, 0.4) is 0 Å². The second-order valence-electron chi connectivity index (χ2n) is 3.26. The Kier molecular flexibility index (Phi) is 4.53. The summed E-state index contributed by atoms with van der Waals surface area (Å²) in [5, 5.41) is 0. The van der Waals surface area contributed by atoms with Gasteiger partial charge in [0.15, 0.2) is 0 Å². The highest BCUT2D eigenvalue weighted by Crippen LogP contribution is 2.11. The lowest BCUT2D eigenvalue weighted by molar-refractivity contribution is -0.351. The van der Waals surface area contributed by atoms with Crippen LogP contribution in [0.1, 0.15) is 38.5 Å². The van der Waals surface area contributed by atoms with Crippen molar-refractivity contribution < 1.29 is 9.78 Å². The van der Waals surface area contributed by atoms with Crippen molar-refractivity contribution in [2.45, 2.75) is 51.0 Å². The van der Waals surface area contributed by atoms with Gasteiger partial charge in [0.05, 0.1) is 0 Å². The Morgan fingerprint density at radius 3 is 1.58 bits per heavy atom. The van der Waals surface area contributed by atoms with E-state index in [0.29, 0.717) is 0 Å². The molecule has 4 heteroatoms. The molecule has 0 amide bonds. The zero-order valence-electron chi connectivity index (χ0n) is 7.37. The Hall–Kier alpha value is -0.160. The van der Waals surface area contributed by atoms with E-state index in [1.807, 2.05) is 0 Å². The van der Waals surface area contributed by atoms with E-state index in [0.717, 1.165) is 25.7 Å². The SMILES string of the molecule is NC1CCCCCCC(N)OO1. The molecule has 0 aromatic carbocycles. The van der Waals surface area contributed by atoms with E-state index >= 15 is 0 Å². The van der Waals surface area contributed by atoms with Crippen molar-refractivity contribution in [2.75, 3.05) is 0 Å². The molecular weight excluding hydrogens is 156 g/mol. The normalized spacial score (nSPS) is 34.5. The standard InChI is InChI=1S/C8H18N2O2/c9-7-5-3-1-2-4-6-8(10)12-11-7/h7-8H,1-6,9-10H2.